The Balaban J connectivity index is 1.88. The number of benzene rings is 1. The van der Waals surface area contributed by atoms with E-state index in [-0.39, 0.29) is 45.9 Å². The van der Waals surface area contributed by atoms with E-state index in [4.69, 9.17) is 27.6 Å². The lowest BCUT2D eigenvalue weighted by Gasteiger charge is -2.31. The first-order valence-corrected chi connectivity index (χ1v) is 17.0. The zero-order valence-electron chi connectivity index (χ0n) is 24.2. The maximum absolute atomic E-state index is 13.5. The van der Waals surface area contributed by atoms with Crippen LogP contribution < -0.4 is 5.32 Å². The number of rotatable bonds is 17. The molecule has 1 aliphatic heterocycles. The molecule has 0 saturated carbocycles. The summed E-state index contributed by atoms with van der Waals surface area (Å²) in [5.41, 5.74) is -0.832. The molecule has 1 saturated heterocycles. The summed E-state index contributed by atoms with van der Waals surface area (Å²) in [6.07, 6.45) is -0.604. The van der Waals surface area contributed by atoms with Gasteiger partial charge in [-0.25, -0.2) is 4.79 Å². The molecule has 1 heterocycles. The zero-order valence-corrected chi connectivity index (χ0v) is 25.9. The number of hydrogen-bond donors (Lipinski definition) is 1. The molecule has 0 atom stereocenters. The summed E-state index contributed by atoms with van der Waals surface area (Å²) in [7, 11) is -8.36. The van der Waals surface area contributed by atoms with E-state index in [0.717, 1.165) is 5.56 Å². The molecule has 232 valence electrons. The number of hydrogen-bond acceptors (Lipinski definition) is 11. The van der Waals surface area contributed by atoms with Crippen molar-refractivity contribution in [1.29, 1.82) is 0 Å². The molecule has 1 N–H and O–H groups in total. The smallest absolute Gasteiger partial charge is 0.410 e. The lowest BCUT2D eigenvalue weighted by atomic mass is 10.1. The third-order valence-electron chi connectivity index (χ3n) is 5.88. The van der Waals surface area contributed by atoms with Crippen LogP contribution in [0.5, 0.6) is 0 Å². The van der Waals surface area contributed by atoms with Crippen LogP contribution in [0.25, 0.3) is 0 Å². The molecule has 1 aromatic rings. The first-order chi connectivity index (χ1) is 19.6. The van der Waals surface area contributed by atoms with Gasteiger partial charge in [0, 0.05) is 32.4 Å². The molecular formula is C26H42N2O11P2. The summed E-state index contributed by atoms with van der Waals surface area (Å²) in [5.74, 6) is -1.35. The van der Waals surface area contributed by atoms with Gasteiger partial charge in [-0.1, -0.05) is 30.3 Å². The summed E-state index contributed by atoms with van der Waals surface area (Å²) >= 11 is 0. The van der Waals surface area contributed by atoms with Crippen molar-refractivity contribution in [2.75, 3.05) is 39.5 Å². The Hall–Kier alpha value is -2.27. The monoisotopic (exact) mass is 620 g/mol. The van der Waals surface area contributed by atoms with Crippen LogP contribution >= 0.6 is 15.2 Å². The number of nitrogens with zero attached hydrogens (tertiary/aromatic N) is 1. The fraction of sp³-hybridized carbons (Fsp3) is 0.654. The van der Waals surface area contributed by atoms with Crippen LogP contribution in [-0.2, 0) is 52.9 Å². The second kappa shape index (κ2) is 17.6. The average molecular weight is 621 g/mol. The van der Waals surface area contributed by atoms with Gasteiger partial charge in [-0.3, -0.25) is 18.7 Å². The van der Waals surface area contributed by atoms with Crippen LogP contribution in [0, 0.1) is 0 Å². The number of amides is 2. The second-order valence-corrected chi connectivity index (χ2v) is 13.5. The number of carbonyl (C=O) groups excluding carboxylic acids is 3. The topological polar surface area (TPSA) is 156 Å². The van der Waals surface area contributed by atoms with E-state index in [1.54, 1.807) is 32.6 Å². The van der Waals surface area contributed by atoms with Crippen LogP contribution in [0.1, 0.15) is 58.9 Å². The van der Waals surface area contributed by atoms with Crippen LogP contribution in [0.15, 0.2) is 30.3 Å². The number of ether oxygens (including phenoxy) is 2. The molecule has 0 radical (unpaired) electrons. The Morgan fingerprint density at radius 2 is 1.37 bits per heavy atom. The Labute approximate surface area is 241 Å². The molecule has 0 aliphatic carbocycles. The number of likely N-dealkylation sites (tertiary alicyclic amines) is 1. The Morgan fingerprint density at radius 1 is 0.854 bits per heavy atom. The fourth-order valence-electron chi connectivity index (χ4n) is 4.05. The minimum Gasteiger partial charge on any atom is -0.462 e. The van der Waals surface area contributed by atoms with Gasteiger partial charge in [0.15, 0.2) is 0 Å². The molecule has 0 bridgehead atoms. The van der Waals surface area contributed by atoms with E-state index >= 15 is 0 Å². The van der Waals surface area contributed by atoms with Crippen LogP contribution in [0.2, 0.25) is 0 Å². The summed E-state index contributed by atoms with van der Waals surface area (Å²) in [6.45, 7) is 7.02. The highest BCUT2D eigenvalue weighted by molar-refractivity contribution is 7.72. The van der Waals surface area contributed by atoms with E-state index < -0.39 is 44.8 Å². The van der Waals surface area contributed by atoms with Crippen molar-refractivity contribution < 1.29 is 51.1 Å². The molecule has 2 rings (SSSR count). The van der Waals surface area contributed by atoms with Crippen LogP contribution in [0.3, 0.4) is 0 Å². The molecule has 0 spiro atoms. The second-order valence-electron chi connectivity index (χ2n) is 8.91. The highest BCUT2D eigenvalue weighted by Crippen LogP contribution is 2.69. The summed E-state index contributed by atoms with van der Waals surface area (Å²) in [4.78, 5) is 39.2. The maximum Gasteiger partial charge on any atom is 0.410 e. The normalized spacial score (nSPS) is 14.6. The summed E-state index contributed by atoms with van der Waals surface area (Å²) < 4.78 is 59.1. The number of nitrogens with one attached hydrogen (secondary N) is 1. The van der Waals surface area contributed by atoms with Crippen molar-refractivity contribution in [2.45, 2.75) is 71.6 Å². The molecule has 1 aromatic carbocycles. The zero-order chi connectivity index (χ0) is 30.3. The molecule has 2 amide bonds. The van der Waals surface area contributed by atoms with Gasteiger partial charge in [-0.05, 0) is 33.3 Å². The quantitative estimate of drug-likeness (QED) is 0.184. The minimum absolute atomic E-state index is 0.0439. The van der Waals surface area contributed by atoms with Gasteiger partial charge in [0.25, 0.3) is 0 Å². The summed E-state index contributed by atoms with van der Waals surface area (Å²) in [5, 5.41) is 2.41. The van der Waals surface area contributed by atoms with Crippen LogP contribution in [0.4, 0.5) is 4.79 Å². The number of piperidine rings is 1. The summed E-state index contributed by atoms with van der Waals surface area (Å²) in [6, 6.07) is 9.35. The Kier molecular flexibility index (Phi) is 15.0. The molecule has 0 unspecified atom stereocenters. The number of carbonyl (C=O) groups is 3. The highest BCUT2D eigenvalue weighted by atomic mass is 31.2. The van der Waals surface area contributed by atoms with Gasteiger partial charge in [-0.15, -0.1) is 0 Å². The van der Waals surface area contributed by atoms with Gasteiger partial charge < -0.3 is 37.8 Å². The molecule has 0 aromatic heterocycles. The molecule has 41 heavy (non-hydrogen) atoms. The van der Waals surface area contributed by atoms with Crippen molar-refractivity contribution in [2.24, 2.45) is 0 Å². The van der Waals surface area contributed by atoms with Crippen molar-refractivity contribution in [3.63, 3.8) is 0 Å². The Bertz CT molecular complexity index is 1010. The SMILES string of the molecule is CCOP(=O)(OCC)C(NC(=O)CCC(=O)OC1CCN(C(=O)OCc2ccccc2)CC1)P(=O)(OCC)OCC. The highest BCUT2D eigenvalue weighted by Gasteiger charge is 2.52. The lowest BCUT2D eigenvalue weighted by molar-refractivity contribution is -0.152. The molecule has 15 heteroatoms. The predicted molar refractivity (Wildman–Crippen MR) is 150 cm³/mol. The minimum atomic E-state index is -4.18. The predicted octanol–water partition coefficient (Wildman–Crippen LogP) is 5.04. The van der Waals surface area contributed by atoms with E-state index in [0.29, 0.717) is 25.9 Å². The third kappa shape index (κ3) is 11.1. The molecule has 1 fully saturated rings. The number of esters is 1. The van der Waals surface area contributed by atoms with Crippen LogP contribution in [-0.4, -0.2) is 74.0 Å². The van der Waals surface area contributed by atoms with Gasteiger partial charge in [0.05, 0.1) is 32.8 Å². The third-order valence-corrected chi connectivity index (χ3v) is 11.5. The van der Waals surface area contributed by atoms with E-state index in [9.17, 15) is 23.5 Å². The van der Waals surface area contributed by atoms with E-state index in [2.05, 4.69) is 5.32 Å². The van der Waals surface area contributed by atoms with Crippen molar-refractivity contribution in [1.82, 2.24) is 10.2 Å². The van der Waals surface area contributed by atoms with E-state index in [1.165, 1.54) is 0 Å². The van der Waals surface area contributed by atoms with E-state index in [1.807, 2.05) is 30.3 Å². The Morgan fingerprint density at radius 3 is 1.85 bits per heavy atom. The molecular weight excluding hydrogens is 578 g/mol. The molecule has 13 nitrogen and oxygen atoms in total. The van der Waals surface area contributed by atoms with Crippen molar-refractivity contribution in [3.05, 3.63) is 35.9 Å². The van der Waals surface area contributed by atoms with Gasteiger partial charge >= 0.3 is 27.3 Å². The molecule has 1 aliphatic rings. The average Bonchev–Trinajstić information content (AvgIpc) is 2.95. The first-order valence-electron chi connectivity index (χ1n) is 13.8. The largest absolute Gasteiger partial charge is 0.462 e. The van der Waals surface area contributed by atoms with Crippen molar-refractivity contribution in [3.8, 4) is 0 Å². The van der Waals surface area contributed by atoms with Crippen molar-refractivity contribution >= 4 is 33.2 Å². The fourth-order valence-corrected chi connectivity index (χ4v) is 8.99. The first kappa shape index (κ1) is 34.9. The van der Waals surface area contributed by atoms with Gasteiger partial charge in [0.1, 0.15) is 12.7 Å². The lowest BCUT2D eigenvalue weighted by Crippen LogP contribution is -2.41. The van der Waals surface area contributed by atoms with Gasteiger partial charge in [-0.2, -0.15) is 0 Å². The van der Waals surface area contributed by atoms with Gasteiger partial charge in [0.2, 0.25) is 11.4 Å². The standard InChI is InChI=1S/C26H42N2O11P2/c1-5-35-40(32,36-6-2)25(41(33,37-7-3)38-8-4)27-23(29)14-15-24(30)39-22-16-18-28(19-17-22)26(31)34-20-21-12-10-9-11-13-21/h9-13,22,25H,5-8,14-20H2,1-4H3,(H,27,29). The maximum atomic E-state index is 13.5.